The fourth-order valence-corrected chi connectivity index (χ4v) is 4.93. The molecule has 0 N–H and O–H groups in total. The molecule has 1 unspecified atom stereocenters. The zero-order valence-corrected chi connectivity index (χ0v) is 14.7. The topological polar surface area (TPSA) is 42.4 Å². The Morgan fingerprint density at radius 3 is 2.96 bits per heavy atom. The van der Waals surface area contributed by atoms with Crippen LogP contribution in [0.5, 0.6) is 0 Å². The lowest BCUT2D eigenvalue weighted by molar-refractivity contribution is 0.0115. The van der Waals surface area contributed by atoms with Gasteiger partial charge in [-0.05, 0) is 62.5 Å². The lowest BCUT2D eigenvalue weighted by Crippen LogP contribution is -2.47. The van der Waals surface area contributed by atoms with Gasteiger partial charge in [-0.1, -0.05) is 12.8 Å². The minimum atomic E-state index is -0.255. The molecule has 1 aromatic heterocycles. The molecular formula is C20H28N2O2. The Labute approximate surface area is 144 Å². The molecule has 24 heavy (non-hydrogen) atoms. The van der Waals surface area contributed by atoms with E-state index in [0.717, 1.165) is 31.2 Å². The van der Waals surface area contributed by atoms with E-state index < -0.39 is 0 Å². The van der Waals surface area contributed by atoms with Gasteiger partial charge in [-0.3, -0.25) is 9.88 Å². The minimum Gasteiger partial charge on any atom is -0.462 e. The van der Waals surface area contributed by atoms with Crippen LogP contribution in [0.1, 0.15) is 73.5 Å². The molecule has 0 radical (unpaired) electrons. The summed E-state index contributed by atoms with van der Waals surface area (Å²) in [5.74, 6) is -0.255. The SMILES string of the molecule is CCOC(=O)c1cnc2c(c1)CCN(C1CCCC3(CCC3)C1)C2. The van der Waals surface area contributed by atoms with Crippen molar-refractivity contribution >= 4 is 5.97 Å². The summed E-state index contributed by atoms with van der Waals surface area (Å²) in [6.07, 6.45) is 12.6. The largest absolute Gasteiger partial charge is 0.462 e. The second-order valence-corrected chi connectivity index (χ2v) is 7.87. The number of nitrogens with zero attached hydrogens (tertiary/aromatic N) is 2. The zero-order chi connectivity index (χ0) is 16.6. The van der Waals surface area contributed by atoms with E-state index in [-0.39, 0.29) is 5.97 Å². The van der Waals surface area contributed by atoms with Crippen molar-refractivity contribution in [3.8, 4) is 0 Å². The molecule has 2 heterocycles. The third-order valence-electron chi connectivity index (χ3n) is 6.44. The van der Waals surface area contributed by atoms with E-state index in [4.69, 9.17) is 4.74 Å². The van der Waals surface area contributed by atoms with Crippen LogP contribution in [-0.2, 0) is 17.7 Å². The Kier molecular flexibility index (Phi) is 4.33. The van der Waals surface area contributed by atoms with Crippen LogP contribution in [0.4, 0.5) is 0 Å². The summed E-state index contributed by atoms with van der Waals surface area (Å²) in [5, 5.41) is 0. The standard InChI is InChI=1S/C20H28N2O2/c1-2-24-19(23)16-11-15-6-10-22(14-18(15)21-13-16)17-5-3-7-20(12-17)8-4-9-20/h11,13,17H,2-10,12,14H2,1H3. The zero-order valence-electron chi connectivity index (χ0n) is 14.7. The summed E-state index contributed by atoms with van der Waals surface area (Å²) in [6, 6.07) is 2.73. The Morgan fingerprint density at radius 2 is 2.21 bits per heavy atom. The van der Waals surface area contributed by atoms with Crippen molar-refractivity contribution in [3.05, 3.63) is 29.1 Å². The van der Waals surface area contributed by atoms with E-state index in [0.29, 0.717) is 17.6 Å². The summed E-state index contributed by atoms with van der Waals surface area (Å²) >= 11 is 0. The first kappa shape index (κ1) is 16.1. The number of carbonyl (C=O) groups excluding carboxylic acids is 1. The van der Waals surface area contributed by atoms with Crippen LogP contribution >= 0.6 is 0 Å². The van der Waals surface area contributed by atoms with Gasteiger partial charge in [0.15, 0.2) is 0 Å². The lowest BCUT2D eigenvalue weighted by atomic mass is 9.59. The van der Waals surface area contributed by atoms with Crippen molar-refractivity contribution < 1.29 is 9.53 Å². The van der Waals surface area contributed by atoms with Crippen LogP contribution in [0.15, 0.2) is 12.3 Å². The van der Waals surface area contributed by atoms with Crippen LogP contribution in [0.2, 0.25) is 0 Å². The maximum Gasteiger partial charge on any atom is 0.339 e. The molecule has 1 aliphatic heterocycles. The summed E-state index contributed by atoms with van der Waals surface area (Å²) in [6.45, 7) is 4.29. The van der Waals surface area contributed by atoms with Crippen LogP contribution in [0.25, 0.3) is 0 Å². The Hall–Kier alpha value is -1.42. The van der Waals surface area contributed by atoms with Crippen LogP contribution < -0.4 is 0 Å². The van der Waals surface area contributed by atoms with Gasteiger partial charge in [0.1, 0.15) is 0 Å². The molecule has 0 aromatic carbocycles. The van der Waals surface area contributed by atoms with Crippen LogP contribution in [0, 0.1) is 5.41 Å². The second kappa shape index (κ2) is 6.47. The van der Waals surface area contributed by atoms with E-state index in [1.165, 1.54) is 50.5 Å². The minimum absolute atomic E-state index is 0.255. The molecule has 4 nitrogen and oxygen atoms in total. The highest BCUT2D eigenvalue weighted by Gasteiger charge is 2.42. The highest BCUT2D eigenvalue weighted by Crippen LogP contribution is 2.52. The lowest BCUT2D eigenvalue weighted by Gasteiger charge is -2.50. The van der Waals surface area contributed by atoms with E-state index in [1.807, 2.05) is 13.0 Å². The van der Waals surface area contributed by atoms with E-state index in [1.54, 1.807) is 6.20 Å². The van der Waals surface area contributed by atoms with Crippen LogP contribution in [0.3, 0.4) is 0 Å². The number of pyridine rings is 1. The average molecular weight is 328 g/mol. The van der Waals surface area contributed by atoms with E-state index >= 15 is 0 Å². The number of esters is 1. The highest BCUT2D eigenvalue weighted by atomic mass is 16.5. The number of aromatic nitrogens is 1. The van der Waals surface area contributed by atoms with Gasteiger partial charge >= 0.3 is 5.97 Å². The third kappa shape index (κ3) is 2.97. The molecule has 0 saturated heterocycles. The predicted octanol–water partition coefficient (Wildman–Crippen LogP) is 3.73. The van der Waals surface area contributed by atoms with Crippen molar-refractivity contribution in [1.82, 2.24) is 9.88 Å². The molecule has 0 bridgehead atoms. The first-order chi connectivity index (χ1) is 11.7. The monoisotopic (exact) mass is 328 g/mol. The first-order valence-electron chi connectivity index (χ1n) is 9.58. The van der Waals surface area contributed by atoms with Crippen molar-refractivity contribution in [2.45, 2.75) is 70.9 Å². The molecule has 1 spiro atoms. The Bertz CT molecular complexity index is 624. The van der Waals surface area contributed by atoms with Crippen LogP contribution in [-0.4, -0.2) is 35.0 Å². The Balaban J connectivity index is 1.45. The summed E-state index contributed by atoms with van der Waals surface area (Å²) in [4.78, 5) is 19.1. The molecule has 2 aliphatic carbocycles. The number of fused-ring (bicyclic) bond motifs is 1. The predicted molar refractivity (Wildman–Crippen MR) is 92.8 cm³/mol. The first-order valence-corrected chi connectivity index (χ1v) is 9.58. The normalized spacial score (nSPS) is 25.8. The van der Waals surface area contributed by atoms with Gasteiger partial charge in [0, 0.05) is 25.3 Å². The molecule has 1 atom stereocenters. The van der Waals surface area contributed by atoms with Gasteiger partial charge in [0.2, 0.25) is 0 Å². The number of carbonyl (C=O) groups is 1. The molecule has 2 saturated carbocycles. The molecule has 4 heteroatoms. The quantitative estimate of drug-likeness (QED) is 0.793. The molecular weight excluding hydrogens is 300 g/mol. The van der Waals surface area contributed by atoms with Crippen molar-refractivity contribution in [2.75, 3.05) is 13.2 Å². The summed E-state index contributed by atoms with van der Waals surface area (Å²) in [5.41, 5.74) is 3.66. The van der Waals surface area contributed by atoms with Gasteiger partial charge in [-0.15, -0.1) is 0 Å². The fraction of sp³-hybridized carbons (Fsp3) is 0.700. The Morgan fingerprint density at radius 1 is 1.38 bits per heavy atom. The van der Waals surface area contributed by atoms with Gasteiger partial charge in [0.25, 0.3) is 0 Å². The summed E-state index contributed by atoms with van der Waals surface area (Å²) in [7, 11) is 0. The number of rotatable bonds is 3. The molecule has 0 amide bonds. The van der Waals surface area contributed by atoms with Crippen molar-refractivity contribution in [3.63, 3.8) is 0 Å². The molecule has 2 fully saturated rings. The number of hydrogen-bond donors (Lipinski definition) is 0. The van der Waals surface area contributed by atoms with E-state index in [2.05, 4.69) is 9.88 Å². The molecule has 1 aromatic rings. The maximum atomic E-state index is 11.9. The van der Waals surface area contributed by atoms with Gasteiger partial charge in [0.05, 0.1) is 17.9 Å². The second-order valence-electron chi connectivity index (χ2n) is 7.87. The maximum absolute atomic E-state index is 11.9. The van der Waals surface area contributed by atoms with Gasteiger partial charge < -0.3 is 4.74 Å². The third-order valence-corrected chi connectivity index (χ3v) is 6.44. The molecule has 130 valence electrons. The van der Waals surface area contributed by atoms with E-state index in [9.17, 15) is 4.79 Å². The number of ether oxygens (including phenoxy) is 1. The summed E-state index contributed by atoms with van der Waals surface area (Å²) < 4.78 is 5.09. The molecule has 4 rings (SSSR count). The molecule has 3 aliphatic rings. The number of hydrogen-bond acceptors (Lipinski definition) is 4. The average Bonchev–Trinajstić information content (AvgIpc) is 2.60. The van der Waals surface area contributed by atoms with Crippen molar-refractivity contribution in [2.24, 2.45) is 5.41 Å². The smallest absolute Gasteiger partial charge is 0.339 e. The fourth-order valence-electron chi connectivity index (χ4n) is 4.93. The highest BCUT2D eigenvalue weighted by molar-refractivity contribution is 5.89. The van der Waals surface area contributed by atoms with Gasteiger partial charge in [-0.25, -0.2) is 4.79 Å². The van der Waals surface area contributed by atoms with Gasteiger partial charge in [-0.2, -0.15) is 0 Å². The van der Waals surface area contributed by atoms with Crippen molar-refractivity contribution in [1.29, 1.82) is 0 Å².